The van der Waals surface area contributed by atoms with E-state index in [4.69, 9.17) is 22.1 Å². The van der Waals surface area contributed by atoms with Crippen molar-refractivity contribution in [3.63, 3.8) is 0 Å². The fourth-order valence-corrected chi connectivity index (χ4v) is 7.69. The third-order valence-corrected chi connectivity index (χ3v) is 9.71. The zero-order chi connectivity index (χ0) is 30.1. The number of halogens is 6. The van der Waals surface area contributed by atoms with Gasteiger partial charge in [0, 0.05) is 42.6 Å². The molecular formula is C28H27ClF5N7OS. The third kappa shape index (κ3) is 5.01. The average molecular weight is 640 g/mol. The number of anilines is 2. The van der Waals surface area contributed by atoms with Crippen LogP contribution in [0.5, 0.6) is 6.01 Å². The van der Waals surface area contributed by atoms with Gasteiger partial charge in [-0.1, -0.05) is 22.9 Å². The molecule has 3 fully saturated rings. The summed E-state index contributed by atoms with van der Waals surface area (Å²) < 4.78 is 81.1. The van der Waals surface area contributed by atoms with E-state index in [9.17, 15) is 17.6 Å². The molecule has 0 bridgehead atoms. The minimum absolute atomic E-state index is 0.0356. The van der Waals surface area contributed by atoms with Gasteiger partial charge in [-0.05, 0) is 37.6 Å². The lowest BCUT2D eigenvalue weighted by Crippen LogP contribution is -2.43. The zero-order valence-electron chi connectivity index (χ0n) is 22.8. The summed E-state index contributed by atoms with van der Waals surface area (Å²) in [6.07, 6.45) is 0.921. The molecule has 0 radical (unpaired) electrons. The molecule has 0 amide bonds. The summed E-state index contributed by atoms with van der Waals surface area (Å²) in [6, 6.07) is 3.72. The monoisotopic (exact) mass is 639 g/mol. The van der Waals surface area contributed by atoms with E-state index in [0.717, 1.165) is 30.7 Å². The lowest BCUT2D eigenvalue weighted by atomic mass is 9.95. The molecule has 0 aliphatic carbocycles. The van der Waals surface area contributed by atoms with Crippen LogP contribution in [0.3, 0.4) is 0 Å². The molecule has 0 spiro atoms. The minimum Gasteiger partial charge on any atom is -0.461 e. The number of fused-ring (bicyclic) bond motifs is 3. The highest BCUT2D eigenvalue weighted by molar-refractivity contribution is 7.22. The molecule has 3 saturated heterocycles. The van der Waals surface area contributed by atoms with Crippen LogP contribution >= 0.6 is 22.9 Å². The second kappa shape index (κ2) is 10.5. The third-order valence-electron chi connectivity index (χ3n) is 8.52. The van der Waals surface area contributed by atoms with E-state index in [1.54, 1.807) is 0 Å². The largest absolute Gasteiger partial charge is 0.461 e. The number of rotatable bonds is 5. The number of hydrogen-bond acceptors (Lipinski definition) is 9. The number of aromatic nitrogens is 3. The Bertz CT molecular complexity index is 1740. The first-order chi connectivity index (χ1) is 20.5. The van der Waals surface area contributed by atoms with Crippen LogP contribution in [0.2, 0.25) is 5.02 Å². The maximum atomic E-state index is 16.6. The second-order valence-corrected chi connectivity index (χ2v) is 12.9. The van der Waals surface area contributed by atoms with Gasteiger partial charge in [0.2, 0.25) is 0 Å². The molecule has 0 unspecified atom stereocenters. The van der Waals surface area contributed by atoms with Crippen molar-refractivity contribution in [2.24, 2.45) is 0 Å². The predicted molar refractivity (Wildman–Crippen MR) is 156 cm³/mol. The van der Waals surface area contributed by atoms with Crippen LogP contribution in [0.1, 0.15) is 19.3 Å². The van der Waals surface area contributed by atoms with Gasteiger partial charge >= 0.3 is 6.01 Å². The lowest BCUT2D eigenvalue weighted by Gasteiger charge is -2.31. The molecular weight excluding hydrogens is 613 g/mol. The fraction of sp³-hybridized carbons (Fsp3) is 0.464. The zero-order valence-corrected chi connectivity index (χ0v) is 24.4. The standard InChI is InChI=1S/C28H27ClF5N7OS/c29-17-8-16-21(20(32)19(17)15-2-3-18(31)23-22(15)37-25(35)43-23)38-26(39-24(16)40-7-5-36-11-28(33,34)12-40)42-13-27-4-1-6-41(27)10-14(30)9-27/h2-3,8,14,36H,1,4-7,9-13H2,(H2,35,37)/t14-,27+/m1/s1. The van der Waals surface area contributed by atoms with Crippen LogP contribution in [0.25, 0.3) is 32.2 Å². The normalized spacial score (nSPS) is 24.1. The number of nitrogens with two attached hydrogens (primary N) is 1. The van der Waals surface area contributed by atoms with Crippen LogP contribution in [0, 0.1) is 11.6 Å². The smallest absolute Gasteiger partial charge is 0.319 e. The molecule has 5 heterocycles. The molecule has 43 heavy (non-hydrogen) atoms. The minimum atomic E-state index is -3.09. The quantitative estimate of drug-likeness (QED) is 0.280. The van der Waals surface area contributed by atoms with Crippen LogP contribution in [0.15, 0.2) is 18.2 Å². The molecule has 3 aliphatic heterocycles. The molecule has 2 aromatic heterocycles. The first-order valence-electron chi connectivity index (χ1n) is 13.9. The molecule has 8 nitrogen and oxygen atoms in total. The first kappa shape index (κ1) is 28.7. The van der Waals surface area contributed by atoms with E-state index in [0.29, 0.717) is 13.0 Å². The molecule has 3 aliphatic rings. The van der Waals surface area contributed by atoms with Crippen molar-refractivity contribution >= 4 is 55.0 Å². The number of nitrogens with one attached hydrogen (secondary N) is 1. The number of ether oxygens (including phenoxy) is 1. The van der Waals surface area contributed by atoms with Crippen molar-refractivity contribution in [1.29, 1.82) is 0 Å². The van der Waals surface area contributed by atoms with Crippen molar-refractivity contribution in [3.8, 4) is 17.1 Å². The number of hydrogen-bond donors (Lipinski definition) is 2. The summed E-state index contributed by atoms with van der Waals surface area (Å²) in [7, 11) is 0. The Morgan fingerprint density at radius 1 is 1.16 bits per heavy atom. The highest BCUT2D eigenvalue weighted by Gasteiger charge is 2.49. The Kier molecular flexibility index (Phi) is 7.02. The van der Waals surface area contributed by atoms with Crippen molar-refractivity contribution in [3.05, 3.63) is 34.9 Å². The highest BCUT2D eigenvalue weighted by Crippen LogP contribution is 2.44. The highest BCUT2D eigenvalue weighted by atomic mass is 35.5. The van der Waals surface area contributed by atoms with Gasteiger partial charge in [0.1, 0.15) is 29.9 Å². The number of alkyl halides is 3. The topological polar surface area (TPSA) is 92.4 Å². The SMILES string of the molecule is Nc1nc2c(-c3c(Cl)cc4c(N5CCNCC(F)(F)C5)nc(OC[C@@]56CCCN5C[C@H](F)C6)nc4c3F)ccc(F)c2s1. The Hall–Kier alpha value is -3.07. The van der Waals surface area contributed by atoms with Crippen LogP contribution in [-0.2, 0) is 0 Å². The molecule has 228 valence electrons. The number of benzene rings is 2. The van der Waals surface area contributed by atoms with Gasteiger partial charge in [-0.3, -0.25) is 4.90 Å². The van der Waals surface area contributed by atoms with Gasteiger partial charge < -0.3 is 20.7 Å². The average Bonchev–Trinajstić information content (AvgIpc) is 3.58. The van der Waals surface area contributed by atoms with E-state index >= 15 is 4.39 Å². The Balaban J connectivity index is 1.38. The van der Waals surface area contributed by atoms with Crippen LogP contribution in [0.4, 0.5) is 32.9 Å². The molecule has 3 N–H and O–H groups in total. The van der Waals surface area contributed by atoms with Crippen molar-refractivity contribution in [1.82, 2.24) is 25.2 Å². The molecule has 7 rings (SSSR count). The maximum absolute atomic E-state index is 16.6. The molecule has 2 atom stereocenters. The molecule has 0 saturated carbocycles. The summed E-state index contributed by atoms with van der Waals surface area (Å²) in [5.74, 6) is -4.50. The van der Waals surface area contributed by atoms with E-state index in [1.807, 2.05) is 0 Å². The number of thiazole rings is 1. The summed E-state index contributed by atoms with van der Waals surface area (Å²) in [5.41, 5.74) is 5.32. The van der Waals surface area contributed by atoms with E-state index in [2.05, 4.69) is 25.2 Å². The van der Waals surface area contributed by atoms with Gasteiger partial charge in [0.05, 0.1) is 33.9 Å². The van der Waals surface area contributed by atoms with Gasteiger partial charge in [-0.15, -0.1) is 0 Å². The Labute approximate surface area is 252 Å². The van der Waals surface area contributed by atoms with Gasteiger partial charge in [0.15, 0.2) is 10.9 Å². The van der Waals surface area contributed by atoms with Gasteiger partial charge in [0.25, 0.3) is 5.92 Å². The van der Waals surface area contributed by atoms with E-state index in [-0.39, 0.29) is 73.9 Å². The van der Waals surface area contributed by atoms with Gasteiger partial charge in [-0.2, -0.15) is 9.97 Å². The lowest BCUT2D eigenvalue weighted by molar-refractivity contribution is 0.0156. The van der Waals surface area contributed by atoms with Crippen LogP contribution in [-0.4, -0.2) is 83.4 Å². The summed E-state index contributed by atoms with van der Waals surface area (Å²) >= 11 is 7.57. The molecule has 4 aromatic rings. The Morgan fingerprint density at radius 3 is 2.84 bits per heavy atom. The summed E-state index contributed by atoms with van der Waals surface area (Å²) in [5, 5.41) is 2.85. The fourth-order valence-electron chi connectivity index (χ4n) is 6.63. The van der Waals surface area contributed by atoms with E-state index in [1.165, 1.54) is 23.1 Å². The molecule has 15 heteroatoms. The summed E-state index contributed by atoms with van der Waals surface area (Å²) in [6.45, 7) is 0.314. The number of nitrogens with zero attached hydrogens (tertiary/aromatic N) is 5. The maximum Gasteiger partial charge on any atom is 0.319 e. The first-order valence-corrected chi connectivity index (χ1v) is 15.1. The van der Waals surface area contributed by atoms with Crippen molar-refractivity contribution < 1.29 is 26.7 Å². The Morgan fingerprint density at radius 2 is 2.00 bits per heavy atom. The summed E-state index contributed by atoms with van der Waals surface area (Å²) in [4.78, 5) is 16.5. The van der Waals surface area contributed by atoms with Crippen molar-refractivity contribution in [2.75, 3.05) is 56.5 Å². The second-order valence-electron chi connectivity index (χ2n) is 11.4. The van der Waals surface area contributed by atoms with Crippen LogP contribution < -0.4 is 20.7 Å². The van der Waals surface area contributed by atoms with Gasteiger partial charge in [-0.25, -0.2) is 26.9 Å². The number of nitrogen functional groups attached to an aromatic ring is 1. The van der Waals surface area contributed by atoms with E-state index < -0.39 is 42.4 Å². The van der Waals surface area contributed by atoms with Crippen molar-refractivity contribution in [2.45, 2.75) is 36.9 Å². The predicted octanol–water partition coefficient (Wildman–Crippen LogP) is 5.42. The molecule has 2 aromatic carbocycles.